The Balaban J connectivity index is 1.92. The van der Waals surface area contributed by atoms with E-state index in [2.05, 4.69) is 28.3 Å². The topological polar surface area (TPSA) is 37.8 Å². The number of pyridine rings is 2. The van der Waals surface area contributed by atoms with Gasteiger partial charge in [0.25, 0.3) is 0 Å². The van der Waals surface area contributed by atoms with E-state index in [4.69, 9.17) is 0 Å². The van der Waals surface area contributed by atoms with Crippen LogP contribution in [0.2, 0.25) is 0 Å². The lowest BCUT2D eigenvalue weighted by Gasteiger charge is -2.08. The van der Waals surface area contributed by atoms with Crippen molar-refractivity contribution in [3.63, 3.8) is 0 Å². The van der Waals surface area contributed by atoms with Gasteiger partial charge in [-0.3, -0.25) is 9.97 Å². The molecule has 0 atom stereocenters. The van der Waals surface area contributed by atoms with Gasteiger partial charge >= 0.3 is 0 Å². The quantitative estimate of drug-likeness (QED) is 0.874. The van der Waals surface area contributed by atoms with Crippen LogP contribution in [0.3, 0.4) is 0 Å². The molecule has 0 amide bonds. The largest absolute Gasteiger partial charge is 0.305 e. The predicted octanol–water partition coefficient (Wildman–Crippen LogP) is 2.64. The molecule has 2 rings (SSSR count). The molecule has 0 aliphatic rings. The van der Waals surface area contributed by atoms with Crippen molar-refractivity contribution >= 4 is 0 Å². The minimum absolute atomic E-state index is 0.779. The molecule has 0 aliphatic heterocycles. The second kappa shape index (κ2) is 6.26. The summed E-state index contributed by atoms with van der Waals surface area (Å²) in [6.07, 6.45) is 2.87. The van der Waals surface area contributed by atoms with Crippen LogP contribution in [-0.2, 0) is 19.5 Å². The number of nitrogens with zero attached hydrogens (tertiary/aromatic N) is 2. The number of nitrogens with one attached hydrogen (secondary N) is 1. The lowest BCUT2D eigenvalue weighted by atomic mass is 10.1. The van der Waals surface area contributed by atoms with E-state index in [0.717, 1.165) is 36.6 Å². The van der Waals surface area contributed by atoms with Crippen LogP contribution in [0.1, 0.15) is 29.6 Å². The minimum atomic E-state index is 0.779. The molecule has 0 unspecified atom stereocenters. The zero-order valence-electron chi connectivity index (χ0n) is 11.0. The monoisotopic (exact) mass is 241 g/mol. The van der Waals surface area contributed by atoms with Crippen molar-refractivity contribution in [2.24, 2.45) is 0 Å². The van der Waals surface area contributed by atoms with Crippen molar-refractivity contribution in [3.8, 4) is 0 Å². The SMILES string of the molecule is CCc1cccnc1CNCc1cccc(C)n1. The van der Waals surface area contributed by atoms with Crippen LogP contribution < -0.4 is 5.32 Å². The summed E-state index contributed by atoms with van der Waals surface area (Å²) in [6.45, 7) is 5.74. The maximum Gasteiger partial charge on any atom is 0.0573 e. The molecule has 0 radical (unpaired) electrons. The first-order valence-electron chi connectivity index (χ1n) is 6.35. The van der Waals surface area contributed by atoms with E-state index in [-0.39, 0.29) is 0 Å². The van der Waals surface area contributed by atoms with Gasteiger partial charge < -0.3 is 5.32 Å². The third-order valence-electron chi connectivity index (χ3n) is 2.91. The fourth-order valence-electron chi connectivity index (χ4n) is 1.96. The van der Waals surface area contributed by atoms with Crippen LogP contribution in [0.15, 0.2) is 36.5 Å². The van der Waals surface area contributed by atoms with E-state index in [9.17, 15) is 0 Å². The van der Waals surface area contributed by atoms with Crippen LogP contribution in [0.5, 0.6) is 0 Å². The average Bonchev–Trinajstić information content (AvgIpc) is 2.39. The van der Waals surface area contributed by atoms with Crippen molar-refractivity contribution < 1.29 is 0 Å². The standard InChI is InChI=1S/C15H19N3/c1-3-13-7-5-9-17-15(13)11-16-10-14-8-4-6-12(2)18-14/h4-9,16H,3,10-11H2,1-2H3. The molecule has 2 aromatic rings. The van der Waals surface area contributed by atoms with Crippen LogP contribution in [0, 0.1) is 6.92 Å². The Kier molecular flexibility index (Phi) is 4.42. The Morgan fingerprint density at radius 1 is 1.11 bits per heavy atom. The lowest BCUT2D eigenvalue weighted by molar-refractivity contribution is 0.660. The summed E-state index contributed by atoms with van der Waals surface area (Å²) >= 11 is 0. The molecule has 0 saturated carbocycles. The molecule has 2 aromatic heterocycles. The highest BCUT2D eigenvalue weighted by atomic mass is 14.9. The summed E-state index contributed by atoms with van der Waals surface area (Å²) in [6, 6.07) is 10.2. The summed E-state index contributed by atoms with van der Waals surface area (Å²) in [7, 11) is 0. The number of rotatable bonds is 5. The Bertz CT molecular complexity index is 509. The highest BCUT2D eigenvalue weighted by molar-refractivity contribution is 5.19. The third-order valence-corrected chi connectivity index (χ3v) is 2.91. The summed E-state index contributed by atoms with van der Waals surface area (Å²) < 4.78 is 0. The second-order valence-corrected chi connectivity index (χ2v) is 4.34. The van der Waals surface area contributed by atoms with Crippen LogP contribution >= 0.6 is 0 Å². The van der Waals surface area contributed by atoms with E-state index in [0.29, 0.717) is 0 Å². The zero-order valence-corrected chi connectivity index (χ0v) is 11.0. The minimum Gasteiger partial charge on any atom is -0.305 e. The first kappa shape index (κ1) is 12.7. The maximum absolute atomic E-state index is 4.46. The Morgan fingerprint density at radius 3 is 2.78 bits per heavy atom. The summed E-state index contributed by atoms with van der Waals surface area (Å²) in [5.41, 5.74) is 4.57. The molecule has 0 aromatic carbocycles. The summed E-state index contributed by atoms with van der Waals surface area (Å²) in [5.74, 6) is 0. The van der Waals surface area contributed by atoms with Crippen molar-refractivity contribution in [2.75, 3.05) is 0 Å². The Hall–Kier alpha value is -1.74. The van der Waals surface area contributed by atoms with Crippen molar-refractivity contribution in [3.05, 3.63) is 59.2 Å². The van der Waals surface area contributed by atoms with Gasteiger partial charge in [-0.2, -0.15) is 0 Å². The summed E-state index contributed by atoms with van der Waals surface area (Å²) in [5, 5.41) is 3.39. The van der Waals surface area contributed by atoms with Crippen LogP contribution in [0.25, 0.3) is 0 Å². The van der Waals surface area contributed by atoms with Gasteiger partial charge in [-0.05, 0) is 37.1 Å². The van der Waals surface area contributed by atoms with Gasteiger partial charge in [0, 0.05) is 25.0 Å². The first-order valence-corrected chi connectivity index (χ1v) is 6.35. The molecule has 0 fully saturated rings. The van der Waals surface area contributed by atoms with Crippen molar-refractivity contribution in [2.45, 2.75) is 33.4 Å². The molecular formula is C15H19N3. The number of aryl methyl sites for hydroxylation is 2. The van der Waals surface area contributed by atoms with Gasteiger partial charge in [0.05, 0.1) is 11.4 Å². The molecule has 0 saturated heterocycles. The van der Waals surface area contributed by atoms with Gasteiger partial charge in [-0.15, -0.1) is 0 Å². The summed E-state index contributed by atoms with van der Waals surface area (Å²) in [4.78, 5) is 8.88. The van der Waals surface area contributed by atoms with Gasteiger partial charge in [0.15, 0.2) is 0 Å². The Labute approximate surface area is 108 Å². The highest BCUT2D eigenvalue weighted by Crippen LogP contribution is 2.06. The van der Waals surface area contributed by atoms with E-state index in [1.54, 1.807) is 0 Å². The fourth-order valence-corrected chi connectivity index (χ4v) is 1.96. The van der Waals surface area contributed by atoms with Gasteiger partial charge in [-0.25, -0.2) is 0 Å². The smallest absolute Gasteiger partial charge is 0.0573 e. The van der Waals surface area contributed by atoms with Gasteiger partial charge in [-0.1, -0.05) is 19.1 Å². The average molecular weight is 241 g/mol. The van der Waals surface area contributed by atoms with E-state index in [1.165, 1.54) is 5.56 Å². The number of hydrogen-bond acceptors (Lipinski definition) is 3. The van der Waals surface area contributed by atoms with E-state index < -0.39 is 0 Å². The van der Waals surface area contributed by atoms with Crippen molar-refractivity contribution in [1.82, 2.24) is 15.3 Å². The Morgan fingerprint density at radius 2 is 2.00 bits per heavy atom. The molecule has 0 bridgehead atoms. The maximum atomic E-state index is 4.46. The molecule has 0 aliphatic carbocycles. The van der Waals surface area contributed by atoms with E-state index in [1.807, 2.05) is 37.4 Å². The number of aromatic nitrogens is 2. The van der Waals surface area contributed by atoms with Crippen LogP contribution in [0.4, 0.5) is 0 Å². The van der Waals surface area contributed by atoms with E-state index >= 15 is 0 Å². The first-order chi connectivity index (χ1) is 8.79. The fraction of sp³-hybridized carbons (Fsp3) is 0.333. The molecule has 18 heavy (non-hydrogen) atoms. The van der Waals surface area contributed by atoms with Crippen LogP contribution in [-0.4, -0.2) is 9.97 Å². The predicted molar refractivity (Wildman–Crippen MR) is 73.1 cm³/mol. The second-order valence-electron chi connectivity index (χ2n) is 4.34. The number of hydrogen-bond donors (Lipinski definition) is 1. The van der Waals surface area contributed by atoms with Gasteiger partial charge in [0.1, 0.15) is 0 Å². The molecule has 3 heteroatoms. The van der Waals surface area contributed by atoms with Crippen molar-refractivity contribution in [1.29, 1.82) is 0 Å². The highest BCUT2D eigenvalue weighted by Gasteiger charge is 2.01. The molecule has 2 heterocycles. The van der Waals surface area contributed by atoms with Gasteiger partial charge in [0.2, 0.25) is 0 Å². The zero-order chi connectivity index (χ0) is 12.8. The third kappa shape index (κ3) is 3.37. The molecule has 3 nitrogen and oxygen atoms in total. The molecule has 94 valence electrons. The molecule has 0 spiro atoms. The molecular weight excluding hydrogens is 222 g/mol. The molecule has 1 N–H and O–H groups in total. The normalized spacial score (nSPS) is 10.6. The lowest BCUT2D eigenvalue weighted by Crippen LogP contribution is -2.16.